The molecule has 4 nitrogen and oxygen atoms in total. The van der Waals surface area contributed by atoms with Crippen LogP contribution < -0.4 is 11.1 Å². The minimum absolute atomic E-state index is 0.220. The van der Waals surface area contributed by atoms with E-state index in [0.29, 0.717) is 19.5 Å². The van der Waals surface area contributed by atoms with Gasteiger partial charge in [0, 0.05) is 31.9 Å². The van der Waals surface area contributed by atoms with Gasteiger partial charge in [-0.1, -0.05) is 0 Å². The molecule has 1 rings (SSSR count). The maximum Gasteiger partial charge on any atom is 0.245 e. The summed E-state index contributed by atoms with van der Waals surface area (Å²) in [5, 5.41) is 2.63. The van der Waals surface area contributed by atoms with Crippen LogP contribution in [0.25, 0.3) is 0 Å². The lowest BCUT2D eigenvalue weighted by molar-refractivity contribution is -0.122. The number of rotatable bonds is 3. The average molecular weight is 202 g/mol. The molecule has 3 N–H and O–H groups in total. The Labute approximate surface area is 81.8 Å². The lowest BCUT2D eigenvalue weighted by Gasteiger charge is -2.21. The van der Waals surface area contributed by atoms with Gasteiger partial charge >= 0.3 is 0 Å². The molecule has 0 bridgehead atoms. The molecule has 1 heterocycles. The van der Waals surface area contributed by atoms with E-state index in [1.54, 1.807) is 12.3 Å². The van der Waals surface area contributed by atoms with E-state index in [-0.39, 0.29) is 5.91 Å². The highest BCUT2D eigenvalue weighted by Gasteiger charge is 2.33. The number of alkyl halides is 1. The van der Waals surface area contributed by atoms with Crippen LogP contribution in [-0.4, -0.2) is 30.1 Å². The minimum atomic E-state index is -0.975. The first-order valence-corrected chi connectivity index (χ1v) is 4.43. The summed E-state index contributed by atoms with van der Waals surface area (Å²) in [5.41, 5.74) is 5.25. The van der Waals surface area contributed by atoms with Crippen molar-refractivity contribution in [2.24, 2.45) is 10.7 Å². The highest BCUT2D eigenvalue weighted by atomic mass is 35.5. The Kier molecular flexibility index (Phi) is 3.45. The number of nitrogens with one attached hydrogen (secondary N) is 1. The van der Waals surface area contributed by atoms with Gasteiger partial charge in [-0.25, -0.2) is 0 Å². The van der Waals surface area contributed by atoms with Gasteiger partial charge < -0.3 is 11.1 Å². The predicted molar refractivity (Wildman–Crippen MR) is 52.9 cm³/mol. The number of nitrogens with two attached hydrogens (primary N) is 1. The molecule has 0 aromatic rings. The van der Waals surface area contributed by atoms with Crippen molar-refractivity contribution in [2.75, 3.05) is 13.1 Å². The number of hydrogen-bond acceptors (Lipinski definition) is 3. The van der Waals surface area contributed by atoms with Crippen LogP contribution in [0.15, 0.2) is 17.3 Å². The Hall–Kier alpha value is -0.870. The zero-order chi connectivity index (χ0) is 9.73. The van der Waals surface area contributed by atoms with E-state index in [9.17, 15) is 4.79 Å². The lowest BCUT2D eigenvalue weighted by Crippen LogP contribution is -2.43. The molecule has 0 radical (unpaired) electrons. The number of aliphatic imine (C=N–C) groups is 1. The van der Waals surface area contributed by atoms with Crippen LogP contribution in [0.5, 0.6) is 0 Å². The molecular weight excluding hydrogens is 190 g/mol. The fourth-order valence-electron chi connectivity index (χ4n) is 0.977. The van der Waals surface area contributed by atoms with Crippen LogP contribution in [0.2, 0.25) is 0 Å². The molecule has 1 atom stereocenters. The van der Waals surface area contributed by atoms with Gasteiger partial charge in [-0.2, -0.15) is 0 Å². The topological polar surface area (TPSA) is 67.5 Å². The molecule has 1 aliphatic rings. The number of hydrogen-bond donors (Lipinski definition) is 2. The fraction of sp³-hybridized carbons (Fsp3) is 0.500. The van der Waals surface area contributed by atoms with Crippen molar-refractivity contribution in [3.05, 3.63) is 12.3 Å². The molecule has 0 saturated carbocycles. The third kappa shape index (κ3) is 2.54. The Morgan fingerprint density at radius 1 is 1.77 bits per heavy atom. The molecule has 1 amide bonds. The SMILES string of the molecule is NCCNC(=O)C1(Cl)C=CN=CC1. The second-order valence-corrected chi connectivity index (χ2v) is 3.43. The van der Waals surface area contributed by atoms with Crippen LogP contribution in [-0.2, 0) is 4.79 Å². The molecule has 0 aromatic heterocycles. The highest BCUT2D eigenvalue weighted by molar-refractivity contribution is 6.37. The molecule has 5 heteroatoms. The summed E-state index contributed by atoms with van der Waals surface area (Å²) in [4.78, 5) is 14.3. The van der Waals surface area contributed by atoms with E-state index in [4.69, 9.17) is 17.3 Å². The molecule has 13 heavy (non-hydrogen) atoms. The van der Waals surface area contributed by atoms with E-state index >= 15 is 0 Å². The highest BCUT2D eigenvalue weighted by Crippen LogP contribution is 2.23. The standard InChI is InChI=1S/C8H12ClN3O/c9-8(1-4-11-5-2-8)7(13)12-6-3-10/h1,4-5H,2-3,6,10H2,(H,12,13). The maximum absolute atomic E-state index is 11.5. The van der Waals surface area contributed by atoms with Crippen LogP contribution >= 0.6 is 11.6 Å². The Balaban J connectivity index is 2.54. The average Bonchev–Trinajstić information content (AvgIpc) is 2.15. The van der Waals surface area contributed by atoms with Gasteiger partial charge in [0.1, 0.15) is 4.87 Å². The van der Waals surface area contributed by atoms with Crippen molar-refractivity contribution in [3.8, 4) is 0 Å². The molecule has 0 spiro atoms. The first kappa shape index (κ1) is 10.2. The summed E-state index contributed by atoms with van der Waals surface area (Å²) in [5.74, 6) is -0.220. The summed E-state index contributed by atoms with van der Waals surface area (Å²) in [6, 6.07) is 0. The van der Waals surface area contributed by atoms with Crippen LogP contribution in [0.1, 0.15) is 6.42 Å². The third-order valence-corrected chi connectivity index (χ3v) is 2.18. The normalized spacial score (nSPS) is 26.0. The lowest BCUT2D eigenvalue weighted by atomic mass is 10.0. The summed E-state index contributed by atoms with van der Waals surface area (Å²) >= 11 is 6.03. The molecule has 0 aromatic carbocycles. The second kappa shape index (κ2) is 4.39. The number of halogens is 1. The maximum atomic E-state index is 11.5. The summed E-state index contributed by atoms with van der Waals surface area (Å²) in [6.07, 6.45) is 5.15. The van der Waals surface area contributed by atoms with E-state index in [2.05, 4.69) is 10.3 Å². The van der Waals surface area contributed by atoms with Crippen molar-refractivity contribution in [2.45, 2.75) is 11.3 Å². The zero-order valence-corrected chi connectivity index (χ0v) is 7.92. The van der Waals surface area contributed by atoms with Crippen LogP contribution in [0.4, 0.5) is 0 Å². The van der Waals surface area contributed by atoms with Crippen molar-refractivity contribution in [1.29, 1.82) is 0 Å². The van der Waals surface area contributed by atoms with E-state index < -0.39 is 4.87 Å². The minimum Gasteiger partial charge on any atom is -0.353 e. The van der Waals surface area contributed by atoms with Gasteiger partial charge in [-0.15, -0.1) is 11.6 Å². The fourth-order valence-corrected chi connectivity index (χ4v) is 1.17. The van der Waals surface area contributed by atoms with Crippen molar-refractivity contribution in [3.63, 3.8) is 0 Å². The molecule has 0 aliphatic carbocycles. The molecule has 0 saturated heterocycles. The van der Waals surface area contributed by atoms with E-state index in [1.165, 1.54) is 6.20 Å². The Morgan fingerprint density at radius 2 is 2.54 bits per heavy atom. The number of nitrogens with zero attached hydrogens (tertiary/aromatic N) is 1. The largest absolute Gasteiger partial charge is 0.353 e. The van der Waals surface area contributed by atoms with E-state index in [1.807, 2.05) is 0 Å². The van der Waals surface area contributed by atoms with Crippen molar-refractivity contribution >= 4 is 23.7 Å². The third-order valence-electron chi connectivity index (χ3n) is 1.73. The molecule has 1 aliphatic heterocycles. The number of carbonyl (C=O) groups excluding carboxylic acids is 1. The number of carbonyl (C=O) groups is 1. The summed E-state index contributed by atoms with van der Waals surface area (Å²) < 4.78 is 0. The van der Waals surface area contributed by atoms with Crippen LogP contribution in [0, 0.1) is 0 Å². The van der Waals surface area contributed by atoms with Gasteiger partial charge in [0.2, 0.25) is 5.91 Å². The van der Waals surface area contributed by atoms with Gasteiger partial charge in [-0.3, -0.25) is 9.79 Å². The molecule has 72 valence electrons. The van der Waals surface area contributed by atoms with Crippen molar-refractivity contribution in [1.82, 2.24) is 5.32 Å². The van der Waals surface area contributed by atoms with E-state index in [0.717, 1.165) is 0 Å². The predicted octanol–water partition coefficient (Wildman–Crippen LogP) is 0.0271. The van der Waals surface area contributed by atoms with Gasteiger partial charge in [0.25, 0.3) is 0 Å². The molecule has 1 unspecified atom stereocenters. The Morgan fingerprint density at radius 3 is 3.08 bits per heavy atom. The first-order chi connectivity index (χ1) is 6.19. The number of amides is 1. The molecule has 0 fully saturated rings. The van der Waals surface area contributed by atoms with Crippen molar-refractivity contribution < 1.29 is 4.79 Å². The summed E-state index contributed by atoms with van der Waals surface area (Å²) in [6.45, 7) is 0.856. The Bertz CT molecular complexity index is 252. The summed E-state index contributed by atoms with van der Waals surface area (Å²) in [7, 11) is 0. The molecular formula is C8H12ClN3O. The quantitative estimate of drug-likeness (QED) is 0.633. The smallest absolute Gasteiger partial charge is 0.245 e. The zero-order valence-electron chi connectivity index (χ0n) is 7.16. The monoisotopic (exact) mass is 201 g/mol. The second-order valence-electron chi connectivity index (χ2n) is 2.76. The van der Waals surface area contributed by atoms with Gasteiger partial charge in [0.05, 0.1) is 0 Å². The van der Waals surface area contributed by atoms with Gasteiger partial charge in [-0.05, 0) is 6.08 Å². The van der Waals surface area contributed by atoms with Gasteiger partial charge in [0.15, 0.2) is 0 Å². The first-order valence-electron chi connectivity index (χ1n) is 4.06. The van der Waals surface area contributed by atoms with Crippen LogP contribution in [0.3, 0.4) is 0 Å².